The first kappa shape index (κ1) is 14.2. The molecule has 1 aliphatic rings. The second kappa shape index (κ2) is 5.68. The summed E-state index contributed by atoms with van der Waals surface area (Å²) in [5.41, 5.74) is 5.22. The third kappa shape index (κ3) is 3.57. The van der Waals surface area contributed by atoms with Gasteiger partial charge in [0, 0.05) is 39.1 Å². The first-order valence-corrected chi connectivity index (χ1v) is 5.43. The minimum absolute atomic E-state index is 0.0105. The lowest BCUT2D eigenvalue weighted by molar-refractivity contribution is -0.183. The van der Waals surface area contributed by atoms with Crippen LogP contribution in [0.2, 0.25) is 0 Å². The molecule has 2 atom stereocenters. The predicted octanol–water partition coefficient (Wildman–Crippen LogP) is 0.618. The molecule has 4 nitrogen and oxygen atoms in total. The predicted molar refractivity (Wildman–Crippen MR) is 55.2 cm³/mol. The average molecular weight is 254 g/mol. The first-order valence-electron chi connectivity index (χ1n) is 5.43. The Morgan fingerprint density at radius 1 is 1.47 bits per heavy atom. The van der Waals surface area contributed by atoms with Gasteiger partial charge in [0.05, 0.1) is 12.5 Å². The van der Waals surface area contributed by atoms with Crippen molar-refractivity contribution in [2.75, 3.05) is 33.4 Å². The average Bonchev–Trinajstić information content (AvgIpc) is 2.62. The van der Waals surface area contributed by atoms with Crippen LogP contribution < -0.4 is 5.73 Å². The molecule has 0 aromatic heterocycles. The molecule has 7 heteroatoms. The van der Waals surface area contributed by atoms with Crippen LogP contribution in [0.3, 0.4) is 0 Å². The Morgan fingerprint density at radius 3 is 2.59 bits per heavy atom. The summed E-state index contributed by atoms with van der Waals surface area (Å²) in [5.74, 6) is -2.49. The number of alkyl halides is 3. The Kier molecular flexibility index (Phi) is 4.76. The smallest absolute Gasteiger partial charge is 0.384 e. The van der Waals surface area contributed by atoms with Crippen molar-refractivity contribution in [3.63, 3.8) is 0 Å². The Bertz CT molecular complexity index is 271. The molecule has 0 aliphatic carbocycles. The topological polar surface area (TPSA) is 55.6 Å². The van der Waals surface area contributed by atoms with Gasteiger partial charge in [-0.1, -0.05) is 0 Å². The fourth-order valence-corrected chi connectivity index (χ4v) is 2.11. The van der Waals surface area contributed by atoms with E-state index in [0.29, 0.717) is 0 Å². The summed E-state index contributed by atoms with van der Waals surface area (Å²) in [6, 6.07) is 0. The van der Waals surface area contributed by atoms with Crippen molar-refractivity contribution in [1.82, 2.24) is 4.90 Å². The van der Waals surface area contributed by atoms with Gasteiger partial charge >= 0.3 is 6.18 Å². The van der Waals surface area contributed by atoms with Gasteiger partial charge in [-0.25, -0.2) is 0 Å². The minimum Gasteiger partial charge on any atom is -0.384 e. The maximum absolute atomic E-state index is 12.7. The van der Waals surface area contributed by atoms with Crippen LogP contribution >= 0.6 is 0 Å². The molecular formula is C10H17F3N2O2. The Hall–Kier alpha value is -0.820. The number of carbonyl (C=O) groups excluding carboxylic acids is 1. The number of ether oxygens (including phenoxy) is 1. The fourth-order valence-electron chi connectivity index (χ4n) is 2.11. The van der Waals surface area contributed by atoms with Gasteiger partial charge in [-0.2, -0.15) is 13.2 Å². The molecule has 1 heterocycles. The quantitative estimate of drug-likeness (QED) is 0.800. The second-order valence-corrected chi connectivity index (χ2v) is 4.20. The van der Waals surface area contributed by atoms with Gasteiger partial charge in [-0.15, -0.1) is 0 Å². The highest BCUT2D eigenvalue weighted by Gasteiger charge is 2.50. The number of hydrogen-bond acceptors (Lipinski definition) is 3. The molecule has 1 saturated heterocycles. The fraction of sp³-hybridized carbons (Fsp3) is 0.900. The van der Waals surface area contributed by atoms with Gasteiger partial charge < -0.3 is 15.4 Å². The zero-order valence-electron chi connectivity index (χ0n) is 9.67. The van der Waals surface area contributed by atoms with E-state index in [-0.39, 0.29) is 38.6 Å². The molecule has 0 radical (unpaired) electrons. The second-order valence-electron chi connectivity index (χ2n) is 4.20. The molecular weight excluding hydrogens is 237 g/mol. The van der Waals surface area contributed by atoms with E-state index in [1.54, 1.807) is 0 Å². The molecule has 0 unspecified atom stereocenters. The van der Waals surface area contributed by atoms with E-state index in [9.17, 15) is 18.0 Å². The third-order valence-electron chi connectivity index (χ3n) is 2.95. The molecule has 0 bridgehead atoms. The number of amides is 1. The van der Waals surface area contributed by atoms with Gasteiger partial charge in [0.15, 0.2) is 0 Å². The maximum Gasteiger partial charge on any atom is 0.393 e. The maximum atomic E-state index is 12.7. The molecule has 0 spiro atoms. The third-order valence-corrected chi connectivity index (χ3v) is 2.95. The van der Waals surface area contributed by atoms with Crippen molar-refractivity contribution < 1.29 is 22.7 Å². The highest BCUT2D eigenvalue weighted by atomic mass is 19.4. The van der Waals surface area contributed by atoms with Crippen LogP contribution in [0.15, 0.2) is 0 Å². The van der Waals surface area contributed by atoms with E-state index in [1.165, 1.54) is 12.0 Å². The van der Waals surface area contributed by atoms with Crippen LogP contribution in [-0.2, 0) is 9.53 Å². The van der Waals surface area contributed by atoms with E-state index in [0.717, 1.165) is 0 Å². The number of nitrogens with zero attached hydrogens (tertiary/aromatic N) is 1. The standard InChI is InChI=1S/C10H17F3N2O2/c1-17-6-7-4-15(9(16)2-3-14)5-8(7)10(11,12)13/h7-8H,2-6,14H2,1H3/t7-,8-/m1/s1. The molecule has 100 valence electrons. The number of methoxy groups -OCH3 is 1. The summed E-state index contributed by atoms with van der Waals surface area (Å²) >= 11 is 0. The van der Waals surface area contributed by atoms with Crippen molar-refractivity contribution in [3.05, 3.63) is 0 Å². The summed E-state index contributed by atoms with van der Waals surface area (Å²) in [6.07, 6.45) is -4.20. The molecule has 0 aromatic rings. The van der Waals surface area contributed by atoms with Crippen molar-refractivity contribution in [1.29, 1.82) is 0 Å². The molecule has 2 N–H and O–H groups in total. The van der Waals surface area contributed by atoms with Crippen LogP contribution in [0.25, 0.3) is 0 Å². The molecule has 17 heavy (non-hydrogen) atoms. The van der Waals surface area contributed by atoms with Gasteiger partial charge in [-0.05, 0) is 0 Å². The van der Waals surface area contributed by atoms with Crippen LogP contribution in [0.5, 0.6) is 0 Å². The summed E-state index contributed by atoms with van der Waals surface area (Å²) in [5, 5.41) is 0. The lowest BCUT2D eigenvalue weighted by Crippen LogP contribution is -2.33. The van der Waals surface area contributed by atoms with Gasteiger partial charge in [0.1, 0.15) is 0 Å². The zero-order chi connectivity index (χ0) is 13.1. The Labute approximate surface area is 97.9 Å². The lowest BCUT2D eigenvalue weighted by Gasteiger charge is -2.19. The van der Waals surface area contributed by atoms with Crippen molar-refractivity contribution in [2.24, 2.45) is 17.6 Å². The highest BCUT2D eigenvalue weighted by molar-refractivity contribution is 5.76. The molecule has 0 aromatic carbocycles. The SMILES string of the molecule is COC[C@H]1CN(C(=O)CCN)C[C@H]1C(F)(F)F. The normalized spacial score (nSPS) is 25.4. The number of halogens is 3. The molecule has 0 saturated carbocycles. The first-order chi connectivity index (χ1) is 7.90. The number of rotatable bonds is 4. The summed E-state index contributed by atoms with van der Waals surface area (Å²) in [7, 11) is 1.36. The van der Waals surface area contributed by atoms with Crippen LogP contribution in [0, 0.1) is 11.8 Å². The number of carbonyl (C=O) groups is 1. The van der Waals surface area contributed by atoms with Gasteiger partial charge in [0.2, 0.25) is 5.91 Å². The monoisotopic (exact) mass is 254 g/mol. The van der Waals surface area contributed by atoms with Crippen molar-refractivity contribution in [2.45, 2.75) is 12.6 Å². The largest absolute Gasteiger partial charge is 0.393 e. The van der Waals surface area contributed by atoms with Crippen LogP contribution in [0.4, 0.5) is 13.2 Å². The summed E-state index contributed by atoms with van der Waals surface area (Å²) in [6.45, 7) is -0.0231. The zero-order valence-corrected chi connectivity index (χ0v) is 9.67. The minimum atomic E-state index is -4.29. The van der Waals surface area contributed by atoms with Crippen LogP contribution in [0.1, 0.15) is 6.42 Å². The van der Waals surface area contributed by atoms with Crippen LogP contribution in [-0.4, -0.2) is 50.3 Å². The van der Waals surface area contributed by atoms with Gasteiger partial charge in [0.25, 0.3) is 0 Å². The number of hydrogen-bond donors (Lipinski definition) is 1. The highest BCUT2D eigenvalue weighted by Crippen LogP contribution is 2.37. The molecule has 1 rings (SSSR count). The van der Waals surface area contributed by atoms with Gasteiger partial charge in [-0.3, -0.25) is 4.79 Å². The van der Waals surface area contributed by atoms with E-state index in [1.807, 2.05) is 0 Å². The summed E-state index contributed by atoms with van der Waals surface area (Å²) < 4.78 is 43.0. The summed E-state index contributed by atoms with van der Waals surface area (Å²) in [4.78, 5) is 12.7. The molecule has 1 fully saturated rings. The Morgan fingerprint density at radius 2 is 2.12 bits per heavy atom. The number of likely N-dealkylation sites (tertiary alicyclic amines) is 1. The van der Waals surface area contributed by atoms with Crippen molar-refractivity contribution >= 4 is 5.91 Å². The van der Waals surface area contributed by atoms with E-state index < -0.39 is 18.0 Å². The van der Waals surface area contributed by atoms with E-state index in [4.69, 9.17) is 10.5 Å². The Balaban J connectivity index is 2.68. The lowest BCUT2D eigenvalue weighted by atomic mass is 9.96. The molecule has 1 amide bonds. The number of nitrogens with two attached hydrogens (primary N) is 1. The van der Waals surface area contributed by atoms with E-state index in [2.05, 4.69) is 0 Å². The van der Waals surface area contributed by atoms with Crippen molar-refractivity contribution in [3.8, 4) is 0 Å². The molecule has 1 aliphatic heterocycles. The van der Waals surface area contributed by atoms with E-state index >= 15 is 0 Å².